The van der Waals surface area contributed by atoms with E-state index >= 15 is 0 Å². The Morgan fingerprint density at radius 3 is 3.08 bits per heavy atom. The summed E-state index contributed by atoms with van der Waals surface area (Å²) in [5.74, 6) is -0.357. The number of amides is 1. The van der Waals surface area contributed by atoms with Crippen LogP contribution in [-0.2, 0) is 6.42 Å². The zero-order valence-corrected chi connectivity index (χ0v) is 6.63. The third-order valence-electron chi connectivity index (χ3n) is 2.10. The highest BCUT2D eigenvalue weighted by Crippen LogP contribution is 2.22. The van der Waals surface area contributed by atoms with E-state index < -0.39 is 0 Å². The lowest BCUT2D eigenvalue weighted by atomic mass is 10.1. The van der Waals surface area contributed by atoms with Gasteiger partial charge in [0.2, 0.25) is 5.91 Å². The van der Waals surface area contributed by atoms with E-state index in [9.17, 15) is 4.79 Å². The van der Waals surface area contributed by atoms with Gasteiger partial charge in [-0.05, 0) is 30.2 Å². The van der Waals surface area contributed by atoms with Crippen LogP contribution < -0.4 is 11.1 Å². The Kier molecular flexibility index (Phi) is 1.50. The van der Waals surface area contributed by atoms with Crippen molar-refractivity contribution in [3.05, 3.63) is 29.3 Å². The zero-order valence-electron chi connectivity index (χ0n) is 6.63. The summed E-state index contributed by atoms with van der Waals surface area (Å²) in [5.41, 5.74) is 8.05. The molecule has 0 spiro atoms. The molecule has 0 aromatic heterocycles. The molecule has 62 valence electrons. The number of carbonyl (C=O) groups excluding carboxylic acids is 1. The molecule has 12 heavy (non-hydrogen) atoms. The van der Waals surface area contributed by atoms with E-state index in [4.69, 9.17) is 5.73 Å². The lowest BCUT2D eigenvalue weighted by molar-refractivity contribution is 0.100. The molecule has 0 radical (unpaired) electrons. The van der Waals surface area contributed by atoms with Crippen molar-refractivity contribution < 1.29 is 4.79 Å². The standard InChI is InChI=1S/C9H10N2O/c10-9(12)7-1-2-8-6(5-7)3-4-11-8/h1-2,5,11H,3-4H2,(H2,10,12). The molecule has 0 unspecified atom stereocenters. The normalized spacial score (nSPS) is 13.7. The third-order valence-corrected chi connectivity index (χ3v) is 2.10. The van der Waals surface area contributed by atoms with E-state index in [1.165, 1.54) is 5.56 Å². The number of carbonyl (C=O) groups is 1. The van der Waals surface area contributed by atoms with Gasteiger partial charge in [-0.2, -0.15) is 0 Å². The number of hydrogen-bond donors (Lipinski definition) is 2. The van der Waals surface area contributed by atoms with Gasteiger partial charge < -0.3 is 11.1 Å². The minimum Gasteiger partial charge on any atom is -0.384 e. The highest BCUT2D eigenvalue weighted by atomic mass is 16.1. The van der Waals surface area contributed by atoms with E-state index in [2.05, 4.69) is 5.32 Å². The van der Waals surface area contributed by atoms with Crippen molar-refractivity contribution in [2.75, 3.05) is 11.9 Å². The number of fused-ring (bicyclic) bond motifs is 1. The van der Waals surface area contributed by atoms with Gasteiger partial charge in [-0.3, -0.25) is 4.79 Å². The van der Waals surface area contributed by atoms with Crippen molar-refractivity contribution >= 4 is 11.6 Å². The lowest BCUT2D eigenvalue weighted by Gasteiger charge is -2.00. The summed E-state index contributed by atoms with van der Waals surface area (Å²) in [7, 11) is 0. The fraction of sp³-hybridized carbons (Fsp3) is 0.222. The van der Waals surface area contributed by atoms with E-state index in [1.807, 2.05) is 12.1 Å². The van der Waals surface area contributed by atoms with Crippen molar-refractivity contribution in [3.63, 3.8) is 0 Å². The van der Waals surface area contributed by atoms with Gasteiger partial charge in [-0.25, -0.2) is 0 Å². The summed E-state index contributed by atoms with van der Waals surface area (Å²) in [6, 6.07) is 5.51. The molecule has 3 nitrogen and oxygen atoms in total. The maximum absolute atomic E-state index is 10.8. The Balaban J connectivity index is 2.45. The van der Waals surface area contributed by atoms with Crippen molar-refractivity contribution in [2.45, 2.75) is 6.42 Å². The van der Waals surface area contributed by atoms with Crippen LogP contribution in [0.4, 0.5) is 5.69 Å². The number of nitrogens with two attached hydrogens (primary N) is 1. The lowest BCUT2D eigenvalue weighted by Crippen LogP contribution is -2.10. The Morgan fingerprint density at radius 1 is 1.50 bits per heavy atom. The molecule has 0 atom stereocenters. The van der Waals surface area contributed by atoms with Gasteiger partial charge in [-0.15, -0.1) is 0 Å². The quantitative estimate of drug-likeness (QED) is 0.640. The molecule has 1 heterocycles. The summed E-state index contributed by atoms with van der Waals surface area (Å²) in [6.45, 7) is 0.956. The molecule has 1 aliphatic heterocycles. The van der Waals surface area contributed by atoms with Crippen LogP contribution >= 0.6 is 0 Å². The van der Waals surface area contributed by atoms with E-state index in [-0.39, 0.29) is 5.91 Å². The smallest absolute Gasteiger partial charge is 0.248 e. The predicted molar refractivity (Wildman–Crippen MR) is 47.2 cm³/mol. The van der Waals surface area contributed by atoms with Gasteiger partial charge in [0.15, 0.2) is 0 Å². The summed E-state index contributed by atoms with van der Waals surface area (Å²) < 4.78 is 0. The second-order valence-electron chi connectivity index (χ2n) is 2.91. The minimum atomic E-state index is -0.357. The average Bonchev–Trinajstić information content (AvgIpc) is 2.49. The molecule has 0 saturated heterocycles. The van der Waals surface area contributed by atoms with Crippen LogP contribution in [0.1, 0.15) is 15.9 Å². The number of hydrogen-bond acceptors (Lipinski definition) is 2. The van der Waals surface area contributed by atoms with Crippen LogP contribution in [0.5, 0.6) is 0 Å². The number of anilines is 1. The number of benzene rings is 1. The molecule has 1 aromatic rings. The number of primary amides is 1. The van der Waals surface area contributed by atoms with Gasteiger partial charge in [0.1, 0.15) is 0 Å². The molecular formula is C9H10N2O. The van der Waals surface area contributed by atoms with Gasteiger partial charge >= 0.3 is 0 Å². The molecule has 1 aromatic carbocycles. The SMILES string of the molecule is NC(=O)c1ccc2c(c1)CCN2. The Hall–Kier alpha value is -1.51. The first-order chi connectivity index (χ1) is 5.77. The largest absolute Gasteiger partial charge is 0.384 e. The first kappa shape index (κ1) is 7.16. The third kappa shape index (κ3) is 1.03. The first-order valence-electron chi connectivity index (χ1n) is 3.94. The van der Waals surface area contributed by atoms with Crippen LogP contribution in [0.2, 0.25) is 0 Å². The second kappa shape index (κ2) is 2.52. The second-order valence-corrected chi connectivity index (χ2v) is 2.91. The summed E-state index contributed by atoms with van der Waals surface area (Å²) >= 11 is 0. The van der Waals surface area contributed by atoms with E-state index in [1.54, 1.807) is 6.07 Å². The maximum atomic E-state index is 10.8. The van der Waals surface area contributed by atoms with Crippen LogP contribution in [0.15, 0.2) is 18.2 Å². The van der Waals surface area contributed by atoms with E-state index in [0.29, 0.717) is 5.56 Å². The van der Waals surface area contributed by atoms with Gasteiger partial charge in [0.25, 0.3) is 0 Å². The molecular weight excluding hydrogens is 152 g/mol. The minimum absolute atomic E-state index is 0.357. The molecule has 2 rings (SSSR count). The molecule has 3 N–H and O–H groups in total. The monoisotopic (exact) mass is 162 g/mol. The summed E-state index contributed by atoms with van der Waals surface area (Å²) in [6.07, 6.45) is 0.983. The first-order valence-corrected chi connectivity index (χ1v) is 3.94. The van der Waals surface area contributed by atoms with Crippen molar-refractivity contribution in [1.29, 1.82) is 0 Å². The highest BCUT2D eigenvalue weighted by molar-refractivity contribution is 5.93. The molecule has 3 heteroatoms. The van der Waals surface area contributed by atoms with Gasteiger partial charge in [0, 0.05) is 17.8 Å². The highest BCUT2D eigenvalue weighted by Gasteiger charge is 2.11. The van der Waals surface area contributed by atoms with Crippen LogP contribution in [0, 0.1) is 0 Å². The van der Waals surface area contributed by atoms with Crippen molar-refractivity contribution in [3.8, 4) is 0 Å². The summed E-state index contributed by atoms with van der Waals surface area (Å²) in [4.78, 5) is 10.8. The predicted octanol–water partition coefficient (Wildman–Crippen LogP) is 0.753. The Morgan fingerprint density at radius 2 is 2.33 bits per heavy atom. The van der Waals surface area contributed by atoms with Gasteiger partial charge in [0.05, 0.1) is 0 Å². The number of nitrogens with one attached hydrogen (secondary N) is 1. The van der Waals surface area contributed by atoms with Crippen LogP contribution in [0.3, 0.4) is 0 Å². The molecule has 1 aliphatic rings. The van der Waals surface area contributed by atoms with E-state index in [0.717, 1.165) is 18.7 Å². The molecule has 1 amide bonds. The topological polar surface area (TPSA) is 55.1 Å². The van der Waals surface area contributed by atoms with Crippen LogP contribution in [0.25, 0.3) is 0 Å². The Bertz CT molecular complexity index is 333. The summed E-state index contributed by atoms with van der Waals surface area (Å²) in [5, 5.41) is 3.21. The zero-order chi connectivity index (χ0) is 8.55. The maximum Gasteiger partial charge on any atom is 0.248 e. The van der Waals surface area contributed by atoms with Crippen molar-refractivity contribution in [2.24, 2.45) is 5.73 Å². The van der Waals surface area contributed by atoms with Crippen LogP contribution in [-0.4, -0.2) is 12.5 Å². The molecule has 0 aliphatic carbocycles. The Labute approximate surface area is 70.6 Å². The average molecular weight is 162 g/mol. The molecule has 0 bridgehead atoms. The molecule has 0 saturated carbocycles. The molecule has 0 fully saturated rings. The van der Waals surface area contributed by atoms with Crippen molar-refractivity contribution in [1.82, 2.24) is 0 Å². The van der Waals surface area contributed by atoms with Gasteiger partial charge in [-0.1, -0.05) is 0 Å². The number of rotatable bonds is 1. The fourth-order valence-corrected chi connectivity index (χ4v) is 1.46. The fourth-order valence-electron chi connectivity index (χ4n) is 1.46.